The topological polar surface area (TPSA) is 105 Å². The average molecular weight is 487 g/mol. The average Bonchev–Trinajstić information content (AvgIpc) is 3.22. The van der Waals surface area contributed by atoms with Crippen LogP contribution in [0.15, 0.2) is 66.5 Å². The van der Waals surface area contributed by atoms with E-state index in [1.165, 1.54) is 36.7 Å². The van der Waals surface area contributed by atoms with Crippen molar-refractivity contribution < 1.29 is 13.2 Å². The van der Waals surface area contributed by atoms with E-state index in [1.54, 1.807) is 25.3 Å². The maximum absolute atomic E-state index is 13.3. The Labute approximate surface area is 194 Å². The van der Waals surface area contributed by atoms with E-state index >= 15 is 0 Å². The number of halogens is 2. The molecule has 0 saturated heterocycles. The number of carbonyl (C=O) groups excluding carboxylic acids is 1. The lowest BCUT2D eigenvalue weighted by Crippen LogP contribution is -2.17. The first-order valence-electron chi connectivity index (χ1n) is 9.28. The number of hydrogen-bond donors (Lipinski definition) is 2. The molecular formula is C22H16Cl2N4O3S. The van der Waals surface area contributed by atoms with Gasteiger partial charge in [0.2, 0.25) is 5.78 Å². The molecule has 2 N–H and O–H groups in total. The molecule has 3 aromatic heterocycles. The number of aromatic nitrogens is 3. The molecule has 0 spiro atoms. The van der Waals surface area contributed by atoms with Crippen molar-refractivity contribution in [3.63, 3.8) is 0 Å². The lowest BCUT2D eigenvalue weighted by atomic mass is 10.0. The smallest absolute Gasteiger partial charge is 0.261 e. The number of hydrogen-bond acceptors (Lipinski definition) is 5. The third kappa shape index (κ3) is 4.12. The number of carbonyl (C=O) groups is 1. The van der Waals surface area contributed by atoms with Gasteiger partial charge in [-0.3, -0.25) is 9.52 Å². The summed E-state index contributed by atoms with van der Waals surface area (Å²) in [6.45, 7) is 5.54. The molecule has 3 heterocycles. The Kier molecular flexibility index (Phi) is 5.77. The highest BCUT2D eigenvalue weighted by Gasteiger charge is 2.23. The standard InChI is InChI=1S/C22H16Cl2N4O3S/c1-12(2)17-10-14(3-4-18(17)24)32(30,31)28-19-9-13(23)11-27-20(19)21(29)15-5-7-25-22-16(15)6-8-26-22/h3-11,28H,1H2,2H3,(H,25,26). The van der Waals surface area contributed by atoms with Gasteiger partial charge < -0.3 is 4.98 Å². The van der Waals surface area contributed by atoms with Crippen LogP contribution in [0.5, 0.6) is 0 Å². The molecule has 7 nitrogen and oxygen atoms in total. The Balaban J connectivity index is 1.78. The fourth-order valence-corrected chi connectivity index (χ4v) is 4.71. The molecule has 32 heavy (non-hydrogen) atoms. The zero-order chi connectivity index (χ0) is 23.0. The maximum atomic E-state index is 13.3. The van der Waals surface area contributed by atoms with Crippen LogP contribution in [-0.2, 0) is 10.0 Å². The van der Waals surface area contributed by atoms with E-state index in [1.807, 2.05) is 0 Å². The van der Waals surface area contributed by atoms with Crippen LogP contribution in [0.1, 0.15) is 28.5 Å². The van der Waals surface area contributed by atoms with Crippen molar-refractivity contribution in [1.82, 2.24) is 15.0 Å². The number of H-pyrrole nitrogens is 1. The molecule has 0 aliphatic heterocycles. The number of nitrogens with one attached hydrogen (secondary N) is 2. The first kappa shape index (κ1) is 22.0. The predicted molar refractivity (Wildman–Crippen MR) is 126 cm³/mol. The highest BCUT2D eigenvalue weighted by Crippen LogP contribution is 2.29. The number of fused-ring (bicyclic) bond motifs is 1. The normalized spacial score (nSPS) is 11.5. The monoisotopic (exact) mass is 486 g/mol. The summed E-state index contributed by atoms with van der Waals surface area (Å²) in [7, 11) is -4.09. The van der Waals surface area contributed by atoms with Gasteiger partial charge in [-0.15, -0.1) is 0 Å². The molecule has 1 aromatic carbocycles. The second kappa shape index (κ2) is 8.38. The van der Waals surface area contributed by atoms with Crippen molar-refractivity contribution >= 4 is 61.3 Å². The number of benzene rings is 1. The number of anilines is 1. The second-order valence-electron chi connectivity index (χ2n) is 7.00. The van der Waals surface area contributed by atoms with Crippen molar-refractivity contribution in [1.29, 1.82) is 0 Å². The van der Waals surface area contributed by atoms with Gasteiger partial charge in [-0.05, 0) is 54.5 Å². The summed E-state index contributed by atoms with van der Waals surface area (Å²) in [4.78, 5) is 24.5. The number of rotatable bonds is 6. The number of ketones is 1. The minimum atomic E-state index is -4.09. The summed E-state index contributed by atoms with van der Waals surface area (Å²) in [6.07, 6.45) is 4.43. The van der Waals surface area contributed by atoms with Crippen LogP contribution in [-0.4, -0.2) is 29.2 Å². The summed E-state index contributed by atoms with van der Waals surface area (Å²) in [6, 6.07) is 8.85. The van der Waals surface area contributed by atoms with Crippen LogP contribution in [0.4, 0.5) is 5.69 Å². The molecular weight excluding hydrogens is 471 g/mol. The van der Waals surface area contributed by atoms with Gasteiger partial charge in [-0.2, -0.15) is 0 Å². The van der Waals surface area contributed by atoms with Crippen LogP contribution >= 0.6 is 23.2 Å². The molecule has 0 amide bonds. The number of sulfonamides is 1. The molecule has 162 valence electrons. The Morgan fingerprint density at radius 1 is 1.09 bits per heavy atom. The first-order valence-corrected chi connectivity index (χ1v) is 11.5. The van der Waals surface area contributed by atoms with Crippen molar-refractivity contribution in [2.24, 2.45) is 0 Å². The van der Waals surface area contributed by atoms with Crippen molar-refractivity contribution in [3.05, 3.63) is 88.4 Å². The Bertz CT molecular complexity index is 1500. The Hall–Kier alpha value is -3.20. The minimum absolute atomic E-state index is 0.0461. The molecule has 0 aliphatic rings. The van der Waals surface area contributed by atoms with Crippen LogP contribution < -0.4 is 4.72 Å². The van der Waals surface area contributed by atoms with Gasteiger partial charge in [0.25, 0.3) is 10.0 Å². The van der Waals surface area contributed by atoms with Gasteiger partial charge in [-0.1, -0.05) is 29.8 Å². The zero-order valence-electron chi connectivity index (χ0n) is 16.7. The van der Waals surface area contributed by atoms with Gasteiger partial charge in [0, 0.05) is 34.6 Å². The molecule has 0 bridgehead atoms. The predicted octanol–water partition coefficient (Wildman–Crippen LogP) is 5.33. The van der Waals surface area contributed by atoms with E-state index in [2.05, 4.69) is 26.3 Å². The van der Waals surface area contributed by atoms with Crippen molar-refractivity contribution in [2.75, 3.05) is 4.72 Å². The number of allylic oxidation sites excluding steroid dienone is 1. The summed E-state index contributed by atoms with van der Waals surface area (Å²) in [5, 5.41) is 1.14. The number of aromatic amines is 1. The van der Waals surface area contributed by atoms with Crippen LogP contribution in [0.25, 0.3) is 16.6 Å². The summed E-state index contributed by atoms with van der Waals surface area (Å²) >= 11 is 12.2. The largest absolute Gasteiger partial charge is 0.346 e. The molecule has 0 atom stereocenters. The summed E-state index contributed by atoms with van der Waals surface area (Å²) in [5.74, 6) is -0.481. The van der Waals surface area contributed by atoms with Crippen LogP contribution in [0.3, 0.4) is 0 Å². The molecule has 4 aromatic rings. The Morgan fingerprint density at radius 3 is 2.62 bits per heavy atom. The highest BCUT2D eigenvalue weighted by molar-refractivity contribution is 7.92. The van der Waals surface area contributed by atoms with Gasteiger partial charge in [0.15, 0.2) is 0 Å². The van der Waals surface area contributed by atoms with E-state index < -0.39 is 15.8 Å². The fourth-order valence-electron chi connectivity index (χ4n) is 3.19. The van der Waals surface area contributed by atoms with E-state index in [0.717, 1.165) is 0 Å². The third-order valence-electron chi connectivity index (χ3n) is 4.73. The minimum Gasteiger partial charge on any atom is -0.346 e. The van der Waals surface area contributed by atoms with E-state index in [4.69, 9.17) is 23.2 Å². The van der Waals surface area contributed by atoms with Gasteiger partial charge >= 0.3 is 0 Å². The lowest BCUT2D eigenvalue weighted by molar-refractivity contribution is 0.103. The molecule has 4 rings (SSSR count). The quantitative estimate of drug-likeness (QED) is 0.358. The SMILES string of the molecule is C=C(C)c1cc(S(=O)(=O)Nc2cc(Cl)cnc2C(=O)c2ccnc3[nH]ccc23)ccc1Cl. The molecule has 0 fully saturated rings. The number of nitrogens with zero attached hydrogens (tertiary/aromatic N) is 2. The zero-order valence-corrected chi connectivity index (χ0v) is 19.0. The van der Waals surface area contributed by atoms with Gasteiger partial charge in [-0.25, -0.2) is 18.4 Å². The van der Waals surface area contributed by atoms with E-state index in [9.17, 15) is 13.2 Å². The fraction of sp³-hybridized carbons (Fsp3) is 0.0455. The Morgan fingerprint density at radius 2 is 1.88 bits per heavy atom. The summed E-state index contributed by atoms with van der Waals surface area (Å²) in [5.41, 5.74) is 1.82. The molecule has 0 aliphatic carbocycles. The first-order chi connectivity index (χ1) is 15.2. The van der Waals surface area contributed by atoms with Crippen molar-refractivity contribution in [3.8, 4) is 0 Å². The van der Waals surface area contributed by atoms with E-state index in [-0.39, 0.29) is 21.3 Å². The molecule has 0 radical (unpaired) electrons. The van der Waals surface area contributed by atoms with Gasteiger partial charge in [0.05, 0.1) is 15.6 Å². The number of pyridine rings is 2. The van der Waals surface area contributed by atoms with Gasteiger partial charge in [0.1, 0.15) is 11.3 Å². The second-order valence-corrected chi connectivity index (χ2v) is 9.53. The molecule has 10 heteroatoms. The van der Waals surface area contributed by atoms with Crippen LogP contribution in [0.2, 0.25) is 10.0 Å². The summed E-state index contributed by atoms with van der Waals surface area (Å²) < 4.78 is 28.6. The molecule has 0 unspecified atom stereocenters. The lowest BCUT2D eigenvalue weighted by Gasteiger charge is -2.13. The molecule has 0 saturated carbocycles. The third-order valence-corrected chi connectivity index (χ3v) is 6.63. The van der Waals surface area contributed by atoms with Crippen LogP contribution in [0, 0.1) is 0 Å². The van der Waals surface area contributed by atoms with E-state index in [0.29, 0.717) is 32.8 Å². The highest BCUT2D eigenvalue weighted by atomic mass is 35.5. The maximum Gasteiger partial charge on any atom is 0.261 e. The van der Waals surface area contributed by atoms with Crippen molar-refractivity contribution in [2.45, 2.75) is 11.8 Å².